The van der Waals surface area contributed by atoms with Gasteiger partial charge in [-0.05, 0) is 37.1 Å². The fraction of sp³-hybridized carbons (Fsp3) is 0.263. The summed E-state index contributed by atoms with van der Waals surface area (Å²) in [6.45, 7) is 2.52. The molecule has 2 aromatic rings. The van der Waals surface area contributed by atoms with Gasteiger partial charge in [0.05, 0.1) is 12.9 Å². The fourth-order valence-corrected chi connectivity index (χ4v) is 1.96. The first kappa shape index (κ1) is 21.6. The zero-order chi connectivity index (χ0) is 20.1. The highest BCUT2D eigenvalue weighted by molar-refractivity contribution is 5.95. The summed E-state index contributed by atoms with van der Waals surface area (Å²) >= 11 is 0. The summed E-state index contributed by atoms with van der Waals surface area (Å²) < 4.78 is 5.63. The SMILES string of the molecule is CCC(=O)c1ccc(OCCCc2cnc[nH]2)cc1.O=C(O)/C=C\C(=O)O. The van der Waals surface area contributed by atoms with Crippen molar-refractivity contribution >= 4 is 17.7 Å². The highest BCUT2D eigenvalue weighted by Gasteiger charge is 2.02. The number of imidazole rings is 1. The summed E-state index contributed by atoms with van der Waals surface area (Å²) in [5, 5.41) is 15.6. The Morgan fingerprint density at radius 3 is 2.22 bits per heavy atom. The number of carbonyl (C=O) groups excluding carboxylic acids is 1. The van der Waals surface area contributed by atoms with E-state index in [1.54, 1.807) is 6.33 Å². The first-order valence-corrected chi connectivity index (χ1v) is 8.29. The van der Waals surface area contributed by atoms with Gasteiger partial charge in [-0.15, -0.1) is 0 Å². The lowest BCUT2D eigenvalue weighted by Crippen LogP contribution is -2.00. The average molecular weight is 374 g/mol. The number of ether oxygens (including phenoxy) is 1. The van der Waals surface area contributed by atoms with Gasteiger partial charge in [0.25, 0.3) is 0 Å². The zero-order valence-corrected chi connectivity index (χ0v) is 14.9. The fourth-order valence-electron chi connectivity index (χ4n) is 1.96. The van der Waals surface area contributed by atoms with E-state index in [9.17, 15) is 14.4 Å². The number of carboxylic acids is 2. The minimum atomic E-state index is -1.26. The molecule has 8 nitrogen and oxygen atoms in total. The topological polar surface area (TPSA) is 130 Å². The second-order valence-corrected chi connectivity index (χ2v) is 5.34. The van der Waals surface area contributed by atoms with Gasteiger partial charge in [0.1, 0.15) is 5.75 Å². The number of hydrogen-bond donors (Lipinski definition) is 3. The number of rotatable bonds is 9. The maximum atomic E-state index is 11.5. The number of ketones is 1. The van der Waals surface area contributed by atoms with Crippen LogP contribution in [0.3, 0.4) is 0 Å². The zero-order valence-electron chi connectivity index (χ0n) is 14.9. The molecule has 144 valence electrons. The molecule has 0 aliphatic rings. The second-order valence-electron chi connectivity index (χ2n) is 5.34. The number of hydrogen-bond acceptors (Lipinski definition) is 5. The molecule has 1 aromatic heterocycles. The molecule has 1 heterocycles. The van der Waals surface area contributed by atoms with Crippen LogP contribution in [0.4, 0.5) is 0 Å². The van der Waals surface area contributed by atoms with Gasteiger partial charge >= 0.3 is 11.9 Å². The number of Topliss-reactive ketones (excluding diaryl/α,β-unsaturated/α-hetero) is 1. The largest absolute Gasteiger partial charge is 0.494 e. The lowest BCUT2D eigenvalue weighted by molar-refractivity contribution is -0.134. The molecule has 0 atom stereocenters. The molecule has 1 aromatic carbocycles. The van der Waals surface area contributed by atoms with E-state index < -0.39 is 11.9 Å². The standard InChI is InChI=1S/C15H18N2O2.C4H4O4/c1-2-15(18)12-5-7-14(8-6-12)19-9-3-4-13-10-16-11-17-13;5-3(6)1-2-4(7)8/h5-8,10-11H,2-4,9H2,1H3,(H,16,17);1-2H,(H,5,6)(H,7,8)/b;2-1-. The predicted molar refractivity (Wildman–Crippen MR) is 97.9 cm³/mol. The van der Waals surface area contributed by atoms with E-state index in [4.69, 9.17) is 14.9 Å². The molecular weight excluding hydrogens is 352 g/mol. The summed E-state index contributed by atoms with van der Waals surface area (Å²) in [7, 11) is 0. The number of aryl methyl sites for hydroxylation is 1. The van der Waals surface area contributed by atoms with E-state index in [-0.39, 0.29) is 5.78 Å². The van der Waals surface area contributed by atoms with Crippen LogP contribution in [-0.4, -0.2) is 44.5 Å². The van der Waals surface area contributed by atoms with Crippen LogP contribution >= 0.6 is 0 Å². The molecular formula is C19H22N2O6. The summed E-state index contributed by atoms with van der Waals surface area (Å²) in [4.78, 5) is 37.6. The molecule has 0 fully saturated rings. The number of carbonyl (C=O) groups is 3. The Labute approximate surface area is 156 Å². The molecule has 0 amide bonds. The summed E-state index contributed by atoms with van der Waals surface area (Å²) in [5.74, 6) is -1.55. The minimum absolute atomic E-state index is 0.158. The molecule has 0 aliphatic carbocycles. The van der Waals surface area contributed by atoms with Crippen LogP contribution in [0.5, 0.6) is 5.75 Å². The van der Waals surface area contributed by atoms with E-state index in [0.717, 1.165) is 29.8 Å². The van der Waals surface area contributed by atoms with Crippen molar-refractivity contribution in [1.82, 2.24) is 9.97 Å². The Morgan fingerprint density at radius 1 is 1.11 bits per heavy atom. The Bertz CT molecular complexity index is 735. The molecule has 0 aliphatic heterocycles. The number of aliphatic carboxylic acids is 2. The van der Waals surface area contributed by atoms with Crippen molar-refractivity contribution in [2.75, 3.05) is 6.61 Å². The number of benzene rings is 1. The third kappa shape index (κ3) is 9.59. The van der Waals surface area contributed by atoms with Crippen LogP contribution < -0.4 is 4.74 Å². The van der Waals surface area contributed by atoms with Crippen LogP contribution in [0.25, 0.3) is 0 Å². The Kier molecular flexibility index (Phi) is 9.62. The quantitative estimate of drug-likeness (QED) is 0.349. The molecule has 0 unspecified atom stereocenters. The molecule has 2 rings (SSSR count). The van der Waals surface area contributed by atoms with Crippen molar-refractivity contribution in [2.45, 2.75) is 26.2 Å². The highest BCUT2D eigenvalue weighted by Crippen LogP contribution is 2.14. The van der Waals surface area contributed by atoms with E-state index in [0.29, 0.717) is 25.2 Å². The van der Waals surface area contributed by atoms with E-state index >= 15 is 0 Å². The van der Waals surface area contributed by atoms with Crippen molar-refractivity contribution < 1.29 is 29.3 Å². The Morgan fingerprint density at radius 2 is 1.74 bits per heavy atom. The smallest absolute Gasteiger partial charge is 0.328 e. The minimum Gasteiger partial charge on any atom is -0.494 e. The number of carboxylic acid groups (broad SMARTS) is 2. The van der Waals surface area contributed by atoms with Gasteiger partial charge in [-0.3, -0.25) is 4.79 Å². The number of aromatic amines is 1. The van der Waals surface area contributed by atoms with Crippen LogP contribution in [0.1, 0.15) is 35.8 Å². The van der Waals surface area contributed by atoms with Gasteiger partial charge in [0, 0.05) is 36.0 Å². The molecule has 0 saturated heterocycles. The second kappa shape index (κ2) is 12.0. The third-order valence-electron chi connectivity index (χ3n) is 3.28. The molecule has 0 spiro atoms. The normalized spacial score (nSPS) is 10.1. The maximum Gasteiger partial charge on any atom is 0.328 e. The van der Waals surface area contributed by atoms with Crippen molar-refractivity contribution in [3.8, 4) is 5.75 Å². The van der Waals surface area contributed by atoms with E-state index in [2.05, 4.69) is 9.97 Å². The van der Waals surface area contributed by atoms with Gasteiger partial charge < -0.3 is 19.9 Å². The maximum absolute atomic E-state index is 11.5. The van der Waals surface area contributed by atoms with Crippen molar-refractivity contribution in [2.24, 2.45) is 0 Å². The van der Waals surface area contributed by atoms with Crippen molar-refractivity contribution in [3.63, 3.8) is 0 Å². The van der Waals surface area contributed by atoms with Gasteiger partial charge in [-0.2, -0.15) is 0 Å². The monoisotopic (exact) mass is 374 g/mol. The molecule has 0 bridgehead atoms. The molecule has 0 radical (unpaired) electrons. The predicted octanol–water partition coefficient (Wildman–Crippen LogP) is 2.73. The van der Waals surface area contributed by atoms with Crippen LogP contribution in [-0.2, 0) is 16.0 Å². The number of aromatic nitrogens is 2. The number of nitrogens with zero attached hydrogens (tertiary/aromatic N) is 1. The van der Waals surface area contributed by atoms with E-state index in [1.807, 2.05) is 37.4 Å². The van der Waals surface area contributed by atoms with E-state index in [1.165, 1.54) is 0 Å². The Hall–Kier alpha value is -3.42. The van der Waals surface area contributed by atoms with Crippen LogP contribution in [0.15, 0.2) is 48.9 Å². The van der Waals surface area contributed by atoms with Gasteiger partial charge in [0.2, 0.25) is 0 Å². The lowest BCUT2D eigenvalue weighted by atomic mass is 10.1. The van der Waals surface area contributed by atoms with Gasteiger partial charge in [-0.1, -0.05) is 6.92 Å². The number of nitrogens with one attached hydrogen (secondary N) is 1. The molecule has 0 saturated carbocycles. The summed E-state index contributed by atoms with van der Waals surface area (Å²) in [5.41, 5.74) is 1.86. The Balaban J connectivity index is 0.000000387. The van der Waals surface area contributed by atoms with Crippen LogP contribution in [0.2, 0.25) is 0 Å². The highest BCUT2D eigenvalue weighted by atomic mass is 16.5. The summed E-state index contributed by atoms with van der Waals surface area (Å²) in [6.07, 6.45) is 7.00. The first-order chi connectivity index (χ1) is 12.9. The number of H-pyrrole nitrogens is 1. The van der Waals surface area contributed by atoms with Crippen molar-refractivity contribution in [1.29, 1.82) is 0 Å². The van der Waals surface area contributed by atoms with Gasteiger partial charge in [-0.25, -0.2) is 14.6 Å². The average Bonchev–Trinajstić information content (AvgIpc) is 3.17. The van der Waals surface area contributed by atoms with Gasteiger partial charge in [0.15, 0.2) is 5.78 Å². The lowest BCUT2D eigenvalue weighted by Gasteiger charge is -2.06. The molecule has 27 heavy (non-hydrogen) atoms. The van der Waals surface area contributed by atoms with Crippen molar-refractivity contribution in [3.05, 3.63) is 60.2 Å². The summed E-state index contributed by atoms with van der Waals surface area (Å²) in [6, 6.07) is 7.32. The first-order valence-electron chi connectivity index (χ1n) is 8.29. The molecule has 3 N–H and O–H groups in total. The third-order valence-corrected chi connectivity index (χ3v) is 3.28. The molecule has 8 heteroatoms. The van der Waals surface area contributed by atoms with Crippen LogP contribution in [0, 0.1) is 0 Å².